The summed E-state index contributed by atoms with van der Waals surface area (Å²) in [6.07, 6.45) is 2.70. The Kier molecular flexibility index (Phi) is 5.25. The van der Waals surface area contributed by atoms with Crippen molar-refractivity contribution in [1.29, 1.82) is 0 Å². The summed E-state index contributed by atoms with van der Waals surface area (Å²) in [5.74, 6) is 2.14. The number of carbonyl (C=O) groups excluding carboxylic acids is 1. The fourth-order valence-electron chi connectivity index (χ4n) is 4.88. The number of fused-ring (bicyclic) bond motifs is 4. The lowest BCUT2D eigenvalue weighted by Crippen LogP contribution is -2.52. The fourth-order valence-corrected chi connectivity index (χ4v) is 4.88. The fraction of sp³-hybridized carbons (Fsp3) is 0.458. The average Bonchev–Trinajstić information content (AvgIpc) is 2.80. The number of nitrogens with zero attached hydrogens (tertiary/aromatic N) is 1. The first-order chi connectivity index (χ1) is 14.7. The van der Waals surface area contributed by atoms with Crippen molar-refractivity contribution in [3.63, 3.8) is 0 Å². The maximum atomic E-state index is 12.6. The largest absolute Gasteiger partial charge is 0.497 e. The van der Waals surface area contributed by atoms with E-state index in [9.17, 15) is 4.79 Å². The van der Waals surface area contributed by atoms with Gasteiger partial charge in [0.2, 0.25) is 0 Å². The van der Waals surface area contributed by atoms with Gasteiger partial charge in [0.1, 0.15) is 17.6 Å². The molecule has 0 aromatic heterocycles. The van der Waals surface area contributed by atoms with Crippen LogP contribution >= 0.6 is 0 Å². The van der Waals surface area contributed by atoms with E-state index in [2.05, 4.69) is 16.3 Å². The minimum absolute atomic E-state index is 0.0160. The number of carbonyl (C=O) groups is 1. The molecule has 2 aromatic rings. The highest BCUT2D eigenvalue weighted by molar-refractivity contribution is 5.70. The predicted molar refractivity (Wildman–Crippen MR) is 114 cm³/mol. The third-order valence-electron chi connectivity index (χ3n) is 6.60. The van der Waals surface area contributed by atoms with Crippen LogP contribution in [0.3, 0.4) is 0 Å². The first-order valence-corrected chi connectivity index (χ1v) is 10.8. The maximum absolute atomic E-state index is 12.6. The number of ether oxygens (including phenoxy) is 3. The molecule has 30 heavy (non-hydrogen) atoms. The van der Waals surface area contributed by atoms with Crippen LogP contribution in [0.1, 0.15) is 30.9 Å². The monoisotopic (exact) mass is 408 g/mol. The molecule has 0 aliphatic carbocycles. The minimum atomic E-state index is -0.316. The molecule has 0 spiro atoms. The summed E-state index contributed by atoms with van der Waals surface area (Å²) in [5, 5.41) is 3.08. The summed E-state index contributed by atoms with van der Waals surface area (Å²) in [6, 6.07) is 14.0. The van der Waals surface area contributed by atoms with Gasteiger partial charge in [-0.2, -0.15) is 0 Å². The molecule has 2 atom stereocenters. The molecule has 6 heteroatoms. The number of piperidine rings is 3. The molecule has 2 aromatic carbocycles. The van der Waals surface area contributed by atoms with Crippen LogP contribution in [0.2, 0.25) is 0 Å². The highest BCUT2D eigenvalue weighted by Crippen LogP contribution is 2.36. The highest BCUT2D eigenvalue weighted by atomic mass is 16.6. The molecule has 4 heterocycles. The molecule has 3 saturated heterocycles. The van der Waals surface area contributed by atoms with Crippen molar-refractivity contribution in [2.45, 2.75) is 31.4 Å². The quantitative estimate of drug-likeness (QED) is 0.829. The summed E-state index contributed by atoms with van der Waals surface area (Å²) in [4.78, 5) is 15.0. The summed E-state index contributed by atoms with van der Waals surface area (Å²) in [7, 11) is 1.67. The van der Waals surface area contributed by atoms with Gasteiger partial charge in [-0.1, -0.05) is 24.3 Å². The van der Waals surface area contributed by atoms with Crippen molar-refractivity contribution >= 4 is 6.09 Å². The second kappa shape index (κ2) is 8.19. The van der Waals surface area contributed by atoms with Crippen LogP contribution in [0.25, 0.3) is 11.1 Å². The van der Waals surface area contributed by atoms with Gasteiger partial charge in [-0.05, 0) is 61.2 Å². The Balaban J connectivity index is 1.28. The number of rotatable bonds is 4. The predicted octanol–water partition coefficient (Wildman–Crippen LogP) is 4.01. The summed E-state index contributed by atoms with van der Waals surface area (Å²) in [5.41, 5.74) is 3.12. The van der Waals surface area contributed by atoms with Crippen LogP contribution < -0.4 is 14.8 Å². The van der Waals surface area contributed by atoms with Crippen molar-refractivity contribution in [3.8, 4) is 22.6 Å². The zero-order chi connectivity index (χ0) is 20.5. The van der Waals surface area contributed by atoms with Crippen LogP contribution in [0.4, 0.5) is 4.79 Å². The molecule has 4 aliphatic rings. The van der Waals surface area contributed by atoms with Gasteiger partial charge in [0.15, 0.2) is 0 Å². The van der Waals surface area contributed by atoms with E-state index in [0.717, 1.165) is 67.1 Å². The number of amides is 1. The standard InChI is InChI=1S/C24H28N2O4/c1-28-19-4-2-3-17(13-19)18-5-6-20-21(9-12-29-22(20)14-18)25-24(27)30-23-15-26-10-7-16(23)8-11-26/h2-6,13-14,16,21,23H,7-12,15H2,1H3,(H,25,27)/t21?,23-/m1/s1. The zero-order valence-corrected chi connectivity index (χ0v) is 17.3. The van der Waals surface area contributed by atoms with Crippen LogP contribution in [0, 0.1) is 5.92 Å². The number of methoxy groups -OCH3 is 1. The SMILES string of the molecule is COc1cccc(-c2ccc3c(c2)OCCC3NC(=O)O[C@@H]2CN3CCC2CC3)c1. The summed E-state index contributed by atoms with van der Waals surface area (Å²) in [6.45, 7) is 3.70. The van der Waals surface area contributed by atoms with Gasteiger partial charge < -0.3 is 19.5 Å². The number of nitrogens with one attached hydrogen (secondary N) is 1. The van der Waals surface area contributed by atoms with E-state index < -0.39 is 0 Å². The smallest absolute Gasteiger partial charge is 0.407 e. The molecule has 1 N–H and O–H groups in total. The van der Waals surface area contributed by atoms with Crippen LogP contribution in [0.5, 0.6) is 11.5 Å². The van der Waals surface area contributed by atoms with Crippen LogP contribution in [-0.2, 0) is 4.74 Å². The van der Waals surface area contributed by atoms with Crippen molar-refractivity contribution in [2.75, 3.05) is 33.4 Å². The Morgan fingerprint density at radius 1 is 1.10 bits per heavy atom. The molecular weight excluding hydrogens is 380 g/mol. The lowest BCUT2D eigenvalue weighted by atomic mass is 9.86. The molecule has 4 aliphatic heterocycles. The Bertz CT molecular complexity index is 923. The second-order valence-corrected chi connectivity index (χ2v) is 8.40. The lowest BCUT2D eigenvalue weighted by molar-refractivity contribution is -0.0342. The van der Waals surface area contributed by atoms with E-state index in [1.54, 1.807) is 7.11 Å². The van der Waals surface area contributed by atoms with Gasteiger partial charge >= 0.3 is 6.09 Å². The van der Waals surface area contributed by atoms with E-state index in [1.165, 1.54) is 0 Å². The number of benzene rings is 2. The molecule has 158 valence electrons. The molecule has 6 rings (SSSR count). The summed E-state index contributed by atoms with van der Waals surface area (Å²) < 4.78 is 17.1. The molecule has 1 amide bonds. The topological polar surface area (TPSA) is 60.0 Å². The van der Waals surface area contributed by atoms with Crippen molar-refractivity contribution in [2.24, 2.45) is 5.92 Å². The van der Waals surface area contributed by atoms with Crippen LogP contribution in [0.15, 0.2) is 42.5 Å². The van der Waals surface area contributed by atoms with E-state index in [-0.39, 0.29) is 18.2 Å². The zero-order valence-electron chi connectivity index (χ0n) is 17.3. The third-order valence-corrected chi connectivity index (χ3v) is 6.60. The number of alkyl carbamates (subject to hydrolysis) is 1. The maximum Gasteiger partial charge on any atom is 0.407 e. The number of hydrogen-bond acceptors (Lipinski definition) is 5. The van der Waals surface area contributed by atoms with Crippen molar-refractivity contribution in [1.82, 2.24) is 10.2 Å². The molecule has 0 saturated carbocycles. The van der Waals surface area contributed by atoms with Gasteiger partial charge in [-0.3, -0.25) is 4.90 Å². The lowest BCUT2D eigenvalue weighted by Gasteiger charge is -2.44. The Morgan fingerprint density at radius 2 is 1.93 bits per heavy atom. The van der Waals surface area contributed by atoms with Crippen LogP contribution in [-0.4, -0.2) is 50.4 Å². The van der Waals surface area contributed by atoms with Gasteiger partial charge in [0.05, 0.1) is 19.8 Å². The molecule has 0 radical (unpaired) electrons. The first kappa shape index (κ1) is 19.2. The normalized spacial score (nSPS) is 27.0. The minimum Gasteiger partial charge on any atom is -0.497 e. The molecular formula is C24H28N2O4. The van der Waals surface area contributed by atoms with E-state index in [1.807, 2.05) is 36.4 Å². The Labute approximate surface area is 177 Å². The highest BCUT2D eigenvalue weighted by Gasteiger charge is 2.37. The van der Waals surface area contributed by atoms with Crippen molar-refractivity contribution in [3.05, 3.63) is 48.0 Å². The van der Waals surface area contributed by atoms with E-state index in [0.29, 0.717) is 12.5 Å². The molecule has 3 fully saturated rings. The van der Waals surface area contributed by atoms with Gasteiger partial charge in [-0.25, -0.2) is 4.79 Å². The molecule has 2 bridgehead atoms. The average molecular weight is 408 g/mol. The second-order valence-electron chi connectivity index (χ2n) is 8.40. The van der Waals surface area contributed by atoms with Gasteiger partial charge in [0.25, 0.3) is 0 Å². The number of hydrogen-bond donors (Lipinski definition) is 1. The third kappa shape index (κ3) is 3.84. The summed E-state index contributed by atoms with van der Waals surface area (Å²) >= 11 is 0. The van der Waals surface area contributed by atoms with E-state index in [4.69, 9.17) is 14.2 Å². The van der Waals surface area contributed by atoms with Gasteiger partial charge in [-0.15, -0.1) is 0 Å². The van der Waals surface area contributed by atoms with E-state index >= 15 is 0 Å². The van der Waals surface area contributed by atoms with Crippen molar-refractivity contribution < 1.29 is 19.0 Å². The Hall–Kier alpha value is -2.73. The Morgan fingerprint density at radius 3 is 2.70 bits per heavy atom. The first-order valence-electron chi connectivity index (χ1n) is 10.8. The molecule has 6 nitrogen and oxygen atoms in total. The van der Waals surface area contributed by atoms with Gasteiger partial charge in [0, 0.05) is 18.5 Å². The molecule has 1 unspecified atom stereocenters.